The number of hydrogen-bond acceptors (Lipinski definition) is 8. The van der Waals surface area contributed by atoms with Crippen LogP contribution in [0.15, 0.2) is 47.8 Å². The van der Waals surface area contributed by atoms with Gasteiger partial charge in [0.25, 0.3) is 0 Å². The smallest absolute Gasteiger partial charge is 0.338 e. The number of nitrogens with zero attached hydrogens (tertiary/aromatic N) is 1. The molecule has 0 radical (unpaired) electrons. The van der Waals surface area contributed by atoms with Crippen molar-refractivity contribution >= 4 is 33.0 Å². The molecule has 164 valence electrons. The van der Waals surface area contributed by atoms with E-state index in [0.717, 1.165) is 16.8 Å². The second kappa shape index (κ2) is 9.80. The molecule has 2 aromatic carbocycles. The van der Waals surface area contributed by atoms with Crippen molar-refractivity contribution in [2.75, 3.05) is 24.7 Å². The molecule has 1 aromatic heterocycles. The van der Waals surface area contributed by atoms with Crippen LogP contribution in [-0.2, 0) is 21.4 Å². The van der Waals surface area contributed by atoms with Crippen molar-refractivity contribution in [2.24, 2.45) is 0 Å². The summed E-state index contributed by atoms with van der Waals surface area (Å²) in [6.45, 7) is 2.43. The number of nitrogens with one attached hydrogen (secondary N) is 1. The number of rotatable bonds is 9. The summed E-state index contributed by atoms with van der Waals surface area (Å²) in [5, 5.41) is 2.57. The normalized spacial score (nSPS) is 11.1. The number of ether oxygens (including phenoxy) is 3. The summed E-state index contributed by atoms with van der Waals surface area (Å²) in [6.07, 6.45) is 1.04. The average molecular weight is 463 g/mol. The first-order valence-corrected chi connectivity index (χ1v) is 12.1. The van der Waals surface area contributed by atoms with E-state index in [0.29, 0.717) is 23.8 Å². The highest BCUT2D eigenvalue weighted by molar-refractivity contribution is 7.92. The Morgan fingerprint density at radius 2 is 1.97 bits per heavy atom. The molecule has 0 saturated carbocycles. The maximum absolute atomic E-state index is 12.3. The van der Waals surface area contributed by atoms with Gasteiger partial charge in [-0.3, -0.25) is 4.72 Å². The Morgan fingerprint density at radius 1 is 1.16 bits per heavy atom. The molecule has 0 fully saturated rings. The van der Waals surface area contributed by atoms with Gasteiger partial charge in [0.1, 0.15) is 11.6 Å². The first kappa shape index (κ1) is 22.6. The molecular formula is C21H22N2O6S2. The Bertz CT molecular complexity index is 1170. The van der Waals surface area contributed by atoms with Crippen molar-refractivity contribution in [3.8, 4) is 22.1 Å². The molecule has 0 aliphatic heterocycles. The van der Waals surface area contributed by atoms with Gasteiger partial charge in [0, 0.05) is 16.6 Å². The highest BCUT2D eigenvalue weighted by Crippen LogP contribution is 2.33. The predicted octanol–water partition coefficient (Wildman–Crippen LogP) is 3.95. The van der Waals surface area contributed by atoms with E-state index in [1.54, 1.807) is 25.3 Å². The molecule has 1 heterocycles. The standard InChI is InChI=1S/C21H22N2O6S2/c1-4-28-18-9-8-14(11-19(18)27-2)20-22-17(13-30-20)12-29-21(24)15-6-5-7-16(10-15)23-31(3,25)26/h5-11,13,23H,4,12H2,1-3H3. The maximum Gasteiger partial charge on any atom is 0.338 e. The van der Waals surface area contributed by atoms with Crippen molar-refractivity contribution in [1.29, 1.82) is 0 Å². The topological polar surface area (TPSA) is 104 Å². The highest BCUT2D eigenvalue weighted by Gasteiger charge is 2.13. The number of thiazole rings is 1. The van der Waals surface area contributed by atoms with Crippen LogP contribution in [0.1, 0.15) is 23.0 Å². The Kier molecular flexibility index (Phi) is 7.13. The van der Waals surface area contributed by atoms with Gasteiger partial charge < -0.3 is 14.2 Å². The average Bonchev–Trinajstić information content (AvgIpc) is 3.20. The molecule has 0 unspecified atom stereocenters. The molecule has 3 aromatic rings. The predicted molar refractivity (Wildman–Crippen MR) is 119 cm³/mol. The van der Waals surface area contributed by atoms with Gasteiger partial charge in [-0.2, -0.15) is 0 Å². The fourth-order valence-corrected chi connectivity index (χ4v) is 4.08. The summed E-state index contributed by atoms with van der Waals surface area (Å²) in [7, 11) is -1.86. The lowest BCUT2D eigenvalue weighted by atomic mass is 10.2. The van der Waals surface area contributed by atoms with Gasteiger partial charge in [-0.25, -0.2) is 18.2 Å². The van der Waals surface area contributed by atoms with Crippen LogP contribution in [0, 0.1) is 0 Å². The molecule has 3 rings (SSSR count). The third kappa shape index (κ3) is 6.19. The van der Waals surface area contributed by atoms with E-state index in [1.165, 1.54) is 17.4 Å². The number of aromatic nitrogens is 1. The zero-order valence-corrected chi connectivity index (χ0v) is 18.9. The molecule has 0 bridgehead atoms. The van der Waals surface area contributed by atoms with Crippen LogP contribution in [0.25, 0.3) is 10.6 Å². The molecule has 31 heavy (non-hydrogen) atoms. The van der Waals surface area contributed by atoms with Crippen LogP contribution < -0.4 is 14.2 Å². The van der Waals surface area contributed by atoms with Gasteiger partial charge in [0.05, 0.1) is 31.2 Å². The zero-order valence-electron chi connectivity index (χ0n) is 17.2. The summed E-state index contributed by atoms with van der Waals surface area (Å²) in [6, 6.07) is 11.7. The number of hydrogen-bond donors (Lipinski definition) is 1. The molecule has 0 aliphatic rings. The Hall–Kier alpha value is -3.11. The number of carbonyl (C=O) groups is 1. The van der Waals surface area contributed by atoms with Crippen LogP contribution in [0.4, 0.5) is 5.69 Å². The Morgan fingerprint density at radius 3 is 2.68 bits per heavy atom. The van der Waals surface area contributed by atoms with Crippen LogP contribution in [-0.4, -0.2) is 39.3 Å². The number of anilines is 1. The molecule has 0 spiro atoms. The monoisotopic (exact) mass is 462 g/mol. The minimum Gasteiger partial charge on any atom is -0.493 e. The van der Waals surface area contributed by atoms with Gasteiger partial charge in [-0.05, 0) is 43.3 Å². The summed E-state index contributed by atoms with van der Waals surface area (Å²) >= 11 is 1.42. The SMILES string of the molecule is CCOc1ccc(-c2nc(COC(=O)c3cccc(NS(C)(=O)=O)c3)cs2)cc1OC. The largest absolute Gasteiger partial charge is 0.493 e. The van der Waals surface area contributed by atoms with E-state index in [1.807, 2.05) is 30.5 Å². The highest BCUT2D eigenvalue weighted by atomic mass is 32.2. The van der Waals surface area contributed by atoms with E-state index in [2.05, 4.69) is 9.71 Å². The minimum absolute atomic E-state index is 0.00672. The van der Waals surface area contributed by atoms with E-state index < -0.39 is 16.0 Å². The lowest BCUT2D eigenvalue weighted by molar-refractivity contribution is 0.0468. The second-order valence-corrected chi connectivity index (χ2v) is 9.08. The third-order valence-corrected chi connectivity index (χ3v) is 5.56. The van der Waals surface area contributed by atoms with Crippen molar-refractivity contribution in [3.63, 3.8) is 0 Å². The summed E-state index contributed by atoms with van der Waals surface area (Å²) in [5.41, 5.74) is 1.99. The third-order valence-electron chi connectivity index (χ3n) is 4.01. The van der Waals surface area contributed by atoms with Gasteiger partial charge in [0.15, 0.2) is 11.5 Å². The number of esters is 1. The van der Waals surface area contributed by atoms with Gasteiger partial charge in [0.2, 0.25) is 10.0 Å². The van der Waals surface area contributed by atoms with E-state index in [9.17, 15) is 13.2 Å². The second-order valence-electron chi connectivity index (χ2n) is 6.47. The quantitative estimate of drug-likeness (QED) is 0.480. The van der Waals surface area contributed by atoms with Crippen LogP contribution in [0.3, 0.4) is 0 Å². The Labute approximate surface area is 184 Å². The number of sulfonamides is 1. The molecule has 10 heteroatoms. The van der Waals surface area contributed by atoms with E-state index >= 15 is 0 Å². The van der Waals surface area contributed by atoms with Crippen LogP contribution in [0.5, 0.6) is 11.5 Å². The lowest BCUT2D eigenvalue weighted by Crippen LogP contribution is -2.11. The zero-order chi connectivity index (χ0) is 22.4. The van der Waals surface area contributed by atoms with Crippen molar-refractivity contribution in [2.45, 2.75) is 13.5 Å². The van der Waals surface area contributed by atoms with Crippen molar-refractivity contribution in [1.82, 2.24) is 4.98 Å². The fourth-order valence-electron chi connectivity index (χ4n) is 2.73. The van der Waals surface area contributed by atoms with Crippen LogP contribution >= 0.6 is 11.3 Å². The summed E-state index contributed by atoms with van der Waals surface area (Å²) in [4.78, 5) is 16.9. The van der Waals surface area contributed by atoms with Gasteiger partial charge in [-0.1, -0.05) is 6.07 Å². The maximum atomic E-state index is 12.3. The van der Waals surface area contributed by atoms with Gasteiger partial charge in [-0.15, -0.1) is 11.3 Å². The fraction of sp³-hybridized carbons (Fsp3) is 0.238. The number of carbonyl (C=O) groups excluding carboxylic acids is 1. The van der Waals surface area contributed by atoms with E-state index in [-0.39, 0.29) is 17.9 Å². The summed E-state index contributed by atoms with van der Waals surface area (Å²) in [5.74, 6) is 0.701. The molecule has 1 N–H and O–H groups in total. The summed E-state index contributed by atoms with van der Waals surface area (Å²) < 4.78 is 41.3. The molecular weight excluding hydrogens is 440 g/mol. The molecule has 0 amide bonds. The van der Waals surface area contributed by atoms with Crippen LogP contribution in [0.2, 0.25) is 0 Å². The minimum atomic E-state index is -3.44. The van der Waals surface area contributed by atoms with Crippen molar-refractivity contribution in [3.05, 3.63) is 59.1 Å². The first-order valence-electron chi connectivity index (χ1n) is 9.29. The molecule has 0 saturated heterocycles. The first-order chi connectivity index (χ1) is 14.8. The Balaban J connectivity index is 1.67. The molecule has 0 atom stereocenters. The number of benzene rings is 2. The van der Waals surface area contributed by atoms with Crippen molar-refractivity contribution < 1.29 is 27.4 Å². The molecule has 0 aliphatic carbocycles. The number of methoxy groups -OCH3 is 1. The molecule has 8 nitrogen and oxygen atoms in total. The van der Waals surface area contributed by atoms with Gasteiger partial charge >= 0.3 is 5.97 Å². The lowest BCUT2D eigenvalue weighted by Gasteiger charge is -2.10. The van der Waals surface area contributed by atoms with E-state index in [4.69, 9.17) is 14.2 Å².